The van der Waals surface area contributed by atoms with Gasteiger partial charge in [-0.3, -0.25) is 0 Å². The predicted molar refractivity (Wildman–Crippen MR) is 65.0 cm³/mol. The number of nitrogens with zero attached hydrogens (tertiary/aromatic N) is 2. The minimum atomic E-state index is 0.0467. The summed E-state index contributed by atoms with van der Waals surface area (Å²) < 4.78 is 0. The number of likely N-dealkylation sites (tertiary alicyclic amines) is 1. The summed E-state index contributed by atoms with van der Waals surface area (Å²) in [5, 5.41) is 12.2. The average molecular weight is 221 g/mol. The van der Waals surface area contributed by atoms with E-state index in [0.29, 0.717) is 0 Å². The fraction of sp³-hybridized carbons (Fsp3) is 0.923. The molecule has 2 fully saturated rings. The molecular formula is C13H23N3. The highest BCUT2D eigenvalue weighted by Crippen LogP contribution is 2.37. The molecular weight excluding hydrogens is 198 g/mol. The Kier molecular flexibility index (Phi) is 4.20. The molecule has 90 valence electrons. The third-order valence-electron chi connectivity index (χ3n) is 4.14. The lowest BCUT2D eigenvalue weighted by atomic mass is 10.0. The standard InChI is InChI=1S/C13H23N3/c1-2-15-13(8-14)6-7-16-9-11-4-3-5-12(11)10-16/h11-13,15H,2-7,9-10H2,1H3. The quantitative estimate of drug-likeness (QED) is 0.766. The van der Waals surface area contributed by atoms with E-state index in [1.165, 1.54) is 32.4 Å². The molecule has 3 nitrogen and oxygen atoms in total. The molecule has 1 saturated heterocycles. The molecule has 1 saturated carbocycles. The monoisotopic (exact) mass is 221 g/mol. The van der Waals surface area contributed by atoms with Crippen molar-refractivity contribution < 1.29 is 0 Å². The van der Waals surface area contributed by atoms with Crippen LogP contribution in [0.3, 0.4) is 0 Å². The molecule has 0 radical (unpaired) electrons. The smallest absolute Gasteiger partial charge is 0.0965 e. The number of nitrogens with one attached hydrogen (secondary N) is 1. The minimum Gasteiger partial charge on any atom is -0.303 e. The van der Waals surface area contributed by atoms with Crippen molar-refractivity contribution in [2.24, 2.45) is 11.8 Å². The van der Waals surface area contributed by atoms with E-state index >= 15 is 0 Å². The van der Waals surface area contributed by atoms with E-state index in [2.05, 4.69) is 23.2 Å². The summed E-state index contributed by atoms with van der Waals surface area (Å²) in [5.74, 6) is 1.94. The molecule has 3 heteroatoms. The van der Waals surface area contributed by atoms with Gasteiger partial charge in [-0.05, 0) is 37.6 Å². The van der Waals surface area contributed by atoms with Crippen molar-refractivity contribution >= 4 is 0 Å². The van der Waals surface area contributed by atoms with Gasteiger partial charge < -0.3 is 10.2 Å². The average Bonchev–Trinajstić information content (AvgIpc) is 2.84. The number of hydrogen-bond acceptors (Lipinski definition) is 3. The van der Waals surface area contributed by atoms with Gasteiger partial charge in [-0.25, -0.2) is 0 Å². The summed E-state index contributed by atoms with van der Waals surface area (Å²) in [6.45, 7) is 6.62. The highest BCUT2D eigenvalue weighted by Gasteiger charge is 2.35. The number of fused-ring (bicyclic) bond motifs is 1. The molecule has 1 N–H and O–H groups in total. The van der Waals surface area contributed by atoms with Crippen LogP contribution in [-0.2, 0) is 0 Å². The van der Waals surface area contributed by atoms with Crippen LogP contribution >= 0.6 is 0 Å². The Labute approximate surface area is 98.8 Å². The van der Waals surface area contributed by atoms with Gasteiger partial charge in [-0.1, -0.05) is 13.3 Å². The molecule has 0 spiro atoms. The number of rotatable bonds is 5. The lowest BCUT2D eigenvalue weighted by molar-refractivity contribution is 0.298. The summed E-state index contributed by atoms with van der Waals surface area (Å²) in [4.78, 5) is 2.57. The van der Waals surface area contributed by atoms with Crippen molar-refractivity contribution in [2.75, 3.05) is 26.2 Å². The van der Waals surface area contributed by atoms with Crippen molar-refractivity contribution in [3.8, 4) is 6.07 Å². The van der Waals surface area contributed by atoms with Crippen LogP contribution in [0.15, 0.2) is 0 Å². The van der Waals surface area contributed by atoms with Crippen molar-refractivity contribution in [3.05, 3.63) is 0 Å². The van der Waals surface area contributed by atoms with Crippen LogP contribution < -0.4 is 5.32 Å². The maximum Gasteiger partial charge on any atom is 0.0965 e. The van der Waals surface area contributed by atoms with Crippen molar-refractivity contribution in [3.63, 3.8) is 0 Å². The summed E-state index contributed by atoms with van der Waals surface area (Å²) in [6, 6.07) is 2.39. The Morgan fingerprint density at radius 2 is 2.06 bits per heavy atom. The maximum absolute atomic E-state index is 8.96. The fourth-order valence-corrected chi connectivity index (χ4v) is 3.29. The van der Waals surface area contributed by atoms with E-state index in [-0.39, 0.29) is 6.04 Å². The van der Waals surface area contributed by atoms with Crippen LogP contribution in [-0.4, -0.2) is 37.1 Å². The molecule has 0 bridgehead atoms. The highest BCUT2D eigenvalue weighted by atomic mass is 15.2. The summed E-state index contributed by atoms with van der Waals surface area (Å²) in [7, 11) is 0. The zero-order valence-electron chi connectivity index (χ0n) is 10.3. The Balaban J connectivity index is 1.69. The van der Waals surface area contributed by atoms with E-state index in [0.717, 1.165) is 31.3 Å². The summed E-state index contributed by atoms with van der Waals surface area (Å²) >= 11 is 0. The first kappa shape index (κ1) is 11.9. The Morgan fingerprint density at radius 3 is 2.62 bits per heavy atom. The predicted octanol–water partition coefficient (Wildman–Crippen LogP) is 1.61. The molecule has 2 rings (SSSR count). The molecule has 1 heterocycles. The molecule has 0 aromatic carbocycles. The largest absolute Gasteiger partial charge is 0.303 e. The summed E-state index contributed by atoms with van der Waals surface area (Å²) in [6.07, 6.45) is 5.30. The van der Waals surface area contributed by atoms with Crippen LogP contribution in [0, 0.1) is 23.2 Å². The van der Waals surface area contributed by atoms with Gasteiger partial charge in [-0.15, -0.1) is 0 Å². The van der Waals surface area contributed by atoms with Crippen LogP contribution in [0.5, 0.6) is 0 Å². The molecule has 0 amide bonds. The first-order valence-electron chi connectivity index (χ1n) is 6.68. The lowest BCUT2D eigenvalue weighted by Crippen LogP contribution is -2.32. The Bertz CT molecular complexity index is 246. The first-order chi connectivity index (χ1) is 7.83. The Morgan fingerprint density at radius 1 is 1.38 bits per heavy atom. The molecule has 16 heavy (non-hydrogen) atoms. The minimum absolute atomic E-state index is 0.0467. The van der Waals surface area contributed by atoms with Gasteiger partial charge in [0.2, 0.25) is 0 Å². The zero-order valence-corrected chi connectivity index (χ0v) is 10.3. The third kappa shape index (κ3) is 2.75. The van der Waals surface area contributed by atoms with E-state index in [9.17, 15) is 0 Å². The van der Waals surface area contributed by atoms with E-state index in [1.54, 1.807) is 0 Å². The number of hydrogen-bond donors (Lipinski definition) is 1. The second kappa shape index (κ2) is 5.65. The zero-order chi connectivity index (χ0) is 11.4. The highest BCUT2D eigenvalue weighted by molar-refractivity contribution is 4.92. The van der Waals surface area contributed by atoms with Gasteiger partial charge in [0, 0.05) is 19.6 Å². The van der Waals surface area contributed by atoms with E-state index < -0.39 is 0 Å². The normalized spacial score (nSPS) is 31.2. The van der Waals surface area contributed by atoms with Gasteiger partial charge in [0.1, 0.15) is 0 Å². The molecule has 1 aliphatic carbocycles. The van der Waals surface area contributed by atoms with Crippen LogP contribution in [0.4, 0.5) is 0 Å². The van der Waals surface area contributed by atoms with Crippen molar-refractivity contribution in [1.82, 2.24) is 10.2 Å². The molecule has 2 aliphatic rings. The third-order valence-corrected chi connectivity index (χ3v) is 4.14. The van der Waals surface area contributed by atoms with Gasteiger partial charge in [0.05, 0.1) is 12.1 Å². The second-order valence-corrected chi connectivity index (χ2v) is 5.24. The van der Waals surface area contributed by atoms with Crippen LogP contribution in [0.1, 0.15) is 32.6 Å². The van der Waals surface area contributed by atoms with Crippen LogP contribution in [0.2, 0.25) is 0 Å². The first-order valence-corrected chi connectivity index (χ1v) is 6.68. The van der Waals surface area contributed by atoms with Gasteiger partial charge in [-0.2, -0.15) is 5.26 Å². The summed E-state index contributed by atoms with van der Waals surface area (Å²) in [5.41, 5.74) is 0. The van der Waals surface area contributed by atoms with Crippen LogP contribution in [0.25, 0.3) is 0 Å². The maximum atomic E-state index is 8.96. The van der Waals surface area contributed by atoms with Gasteiger partial charge in [0.15, 0.2) is 0 Å². The van der Waals surface area contributed by atoms with Crippen molar-refractivity contribution in [1.29, 1.82) is 5.26 Å². The SMILES string of the molecule is CCNC(C#N)CCN1CC2CCCC2C1. The van der Waals surface area contributed by atoms with Crippen molar-refractivity contribution in [2.45, 2.75) is 38.6 Å². The fourth-order valence-electron chi connectivity index (χ4n) is 3.29. The lowest BCUT2D eigenvalue weighted by Gasteiger charge is -2.18. The van der Waals surface area contributed by atoms with E-state index in [1.807, 2.05) is 0 Å². The molecule has 3 unspecified atom stereocenters. The molecule has 3 atom stereocenters. The van der Waals surface area contributed by atoms with Gasteiger partial charge >= 0.3 is 0 Å². The topological polar surface area (TPSA) is 39.1 Å². The van der Waals surface area contributed by atoms with E-state index in [4.69, 9.17) is 5.26 Å². The number of nitriles is 1. The molecule has 1 aliphatic heterocycles. The second-order valence-electron chi connectivity index (χ2n) is 5.24. The molecule has 0 aromatic rings. The van der Waals surface area contributed by atoms with Gasteiger partial charge in [0.25, 0.3) is 0 Å². The Hall–Kier alpha value is -0.590. The molecule has 0 aromatic heterocycles.